The zero-order valence-electron chi connectivity index (χ0n) is 11.5. The van der Waals surface area contributed by atoms with Crippen LogP contribution in [0.4, 0.5) is 0 Å². The first-order valence-corrected chi connectivity index (χ1v) is 9.28. The van der Waals surface area contributed by atoms with Crippen molar-refractivity contribution in [2.24, 2.45) is 23.7 Å². The Balaban J connectivity index is 1.43. The van der Waals surface area contributed by atoms with Gasteiger partial charge in [0, 0.05) is 26.8 Å². The molecule has 19 heavy (non-hydrogen) atoms. The van der Waals surface area contributed by atoms with E-state index >= 15 is 0 Å². The van der Waals surface area contributed by atoms with Crippen LogP contribution in [0, 0.1) is 30.6 Å². The highest BCUT2D eigenvalue weighted by Crippen LogP contribution is 2.53. The molecule has 4 aliphatic rings. The molecule has 0 atom stereocenters. The smallest absolute Gasteiger partial charge is 0.0314 e. The van der Waals surface area contributed by atoms with Gasteiger partial charge in [0.1, 0.15) is 0 Å². The minimum absolute atomic E-state index is 0.814. The summed E-state index contributed by atoms with van der Waals surface area (Å²) in [6.45, 7) is 3.27. The fourth-order valence-electron chi connectivity index (χ4n) is 5.08. The zero-order valence-corrected chi connectivity index (χ0v) is 13.9. The molecule has 1 nitrogen and oxygen atoms in total. The van der Waals surface area contributed by atoms with Gasteiger partial charge in [0.15, 0.2) is 0 Å². The Hall–Kier alpha value is 0.140. The molecule has 1 aromatic heterocycles. The second kappa shape index (κ2) is 4.85. The van der Waals surface area contributed by atoms with Crippen molar-refractivity contribution in [3.05, 3.63) is 20.3 Å². The van der Waals surface area contributed by atoms with Gasteiger partial charge in [0.25, 0.3) is 0 Å². The summed E-state index contributed by atoms with van der Waals surface area (Å²) >= 11 is 5.56. The molecule has 0 aliphatic heterocycles. The molecule has 3 heteroatoms. The second-order valence-corrected chi connectivity index (χ2v) is 9.15. The Morgan fingerprint density at radius 2 is 1.79 bits per heavy atom. The van der Waals surface area contributed by atoms with Crippen molar-refractivity contribution in [1.82, 2.24) is 5.32 Å². The SMILES string of the molecule is Cc1sc(CNC2C3CC4CC(C3)CC2C4)cc1Br. The lowest BCUT2D eigenvalue weighted by molar-refractivity contribution is -0.0141. The summed E-state index contributed by atoms with van der Waals surface area (Å²) in [7, 11) is 0. The standard InChI is InChI=1S/C16H22BrNS/c1-9-15(17)7-14(19-9)8-18-16-12-3-10-2-11(5-12)6-13(16)4-10/h7,10-13,16,18H,2-6,8H2,1H3. The lowest BCUT2D eigenvalue weighted by Gasteiger charge is -2.54. The quantitative estimate of drug-likeness (QED) is 0.838. The fraction of sp³-hybridized carbons (Fsp3) is 0.750. The third-order valence-electron chi connectivity index (χ3n) is 5.65. The molecule has 0 aromatic carbocycles. The molecule has 104 valence electrons. The molecule has 1 heterocycles. The maximum absolute atomic E-state index is 3.91. The molecule has 4 bridgehead atoms. The van der Waals surface area contributed by atoms with Gasteiger partial charge in [-0.15, -0.1) is 11.3 Å². The summed E-state index contributed by atoms with van der Waals surface area (Å²) in [5, 5.41) is 3.91. The average Bonchev–Trinajstić information content (AvgIpc) is 2.67. The van der Waals surface area contributed by atoms with Crippen LogP contribution in [0.3, 0.4) is 0 Å². The highest BCUT2D eigenvalue weighted by molar-refractivity contribution is 9.10. The largest absolute Gasteiger partial charge is 0.309 e. The normalized spacial score (nSPS) is 40.0. The molecule has 0 radical (unpaired) electrons. The van der Waals surface area contributed by atoms with E-state index in [-0.39, 0.29) is 0 Å². The molecule has 0 amide bonds. The van der Waals surface area contributed by atoms with Gasteiger partial charge in [0.2, 0.25) is 0 Å². The van der Waals surface area contributed by atoms with Crippen LogP contribution < -0.4 is 5.32 Å². The average molecular weight is 340 g/mol. The first kappa shape index (κ1) is 12.8. The Bertz CT molecular complexity index is 434. The van der Waals surface area contributed by atoms with Gasteiger partial charge in [-0.1, -0.05) is 0 Å². The number of hydrogen-bond donors (Lipinski definition) is 1. The van der Waals surface area contributed by atoms with Crippen LogP contribution in [-0.4, -0.2) is 6.04 Å². The lowest BCUT2D eigenvalue weighted by Crippen LogP contribution is -2.54. The van der Waals surface area contributed by atoms with Crippen LogP contribution in [0.5, 0.6) is 0 Å². The summed E-state index contributed by atoms with van der Waals surface area (Å²) < 4.78 is 1.28. The topological polar surface area (TPSA) is 12.0 Å². The molecular weight excluding hydrogens is 318 g/mol. The first-order valence-electron chi connectivity index (χ1n) is 7.67. The molecule has 1 N–H and O–H groups in total. The van der Waals surface area contributed by atoms with E-state index in [9.17, 15) is 0 Å². The summed E-state index contributed by atoms with van der Waals surface area (Å²) in [6, 6.07) is 3.11. The number of nitrogens with one attached hydrogen (secondary N) is 1. The van der Waals surface area contributed by atoms with E-state index in [2.05, 4.69) is 34.2 Å². The molecular formula is C16H22BrNS. The molecule has 4 fully saturated rings. The Morgan fingerprint density at radius 1 is 1.16 bits per heavy atom. The van der Waals surface area contributed by atoms with E-state index in [0.29, 0.717) is 0 Å². The third-order valence-corrected chi connectivity index (χ3v) is 7.78. The summed E-state index contributed by atoms with van der Waals surface area (Å²) in [5.74, 6) is 4.14. The summed E-state index contributed by atoms with van der Waals surface area (Å²) in [5.41, 5.74) is 0. The van der Waals surface area contributed by atoms with Crippen LogP contribution in [-0.2, 0) is 6.54 Å². The van der Waals surface area contributed by atoms with Crippen LogP contribution in [0.15, 0.2) is 10.5 Å². The van der Waals surface area contributed by atoms with Crippen molar-refractivity contribution in [2.75, 3.05) is 0 Å². The van der Waals surface area contributed by atoms with Crippen molar-refractivity contribution in [3.8, 4) is 0 Å². The minimum Gasteiger partial charge on any atom is -0.309 e. The molecule has 1 aromatic rings. The summed E-state index contributed by atoms with van der Waals surface area (Å²) in [6.07, 6.45) is 7.60. The van der Waals surface area contributed by atoms with E-state index in [4.69, 9.17) is 0 Å². The van der Waals surface area contributed by atoms with E-state index in [1.165, 1.54) is 39.9 Å². The van der Waals surface area contributed by atoms with Gasteiger partial charge in [-0.25, -0.2) is 0 Å². The number of aryl methyl sites for hydroxylation is 1. The number of halogens is 1. The number of hydrogen-bond acceptors (Lipinski definition) is 2. The fourth-order valence-corrected chi connectivity index (χ4v) is 6.63. The number of rotatable bonds is 3. The Kier molecular flexibility index (Phi) is 3.28. The van der Waals surface area contributed by atoms with Crippen LogP contribution in [0.1, 0.15) is 41.9 Å². The second-order valence-electron chi connectivity index (χ2n) is 6.95. The van der Waals surface area contributed by atoms with Gasteiger partial charge in [-0.3, -0.25) is 0 Å². The molecule has 0 saturated heterocycles. The maximum Gasteiger partial charge on any atom is 0.0314 e. The number of thiophene rings is 1. The van der Waals surface area contributed by atoms with Crippen LogP contribution >= 0.6 is 27.3 Å². The highest BCUT2D eigenvalue weighted by atomic mass is 79.9. The van der Waals surface area contributed by atoms with Crippen molar-refractivity contribution in [3.63, 3.8) is 0 Å². The Labute approximate surface area is 128 Å². The van der Waals surface area contributed by atoms with Gasteiger partial charge >= 0.3 is 0 Å². The Morgan fingerprint density at radius 3 is 2.32 bits per heavy atom. The molecule has 4 saturated carbocycles. The molecule has 5 rings (SSSR count). The molecule has 0 spiro atoms. The summed E-state index contributed by atoms with van der Waals surface area (Å²) in [4.78, 5) is 2.89. The minimum atomic E-state index is 0.814. The van der Waals surface area contributed by atoms with Gasteiger partial charge in [-0.2, -0.15) is 0 Å². The monoisotopic (exact) mass is 339 g/mol. The van der Waals surface area contributed by atoms with E-state index in [1.54, 1.807) is 6.42 Å². The third kappa shape index (κ3) is 2.32. The maximum atomic E-state index is 3.91. The zero-order chi connectivity index (χ0) is 13.0. The van der Waals surface area contributed by atoms with Gasteiger partial charge in [0.05, 0.1) is 0 Å². The predicted molar refractivity (Wildman–Crippen MR) is 84.4 cm³/mol. The lowest BCUT2D eigenvalue weighted by atomic mass is 9.54. The van der Waals surface area contributed by atoms with Crippen molar-refractivity contribution in [1.29, 1.82) is 0 Å². The molecule has 0 unspecified atom stereocenters. The van der Waals surface area contributed by atoms with Crippen molar-refractivity contribution in [2.45, 2.75) is 51.6 Å². The highest BCUT2D eigenvalue weighted by Gasteiger charge is 2.47. The van der Waals surface area contributed by atoms with Crippen LogP contribution in [0.2, 0.25) is 0 Å². The first-order chi connectivity index (χ1) is 9.19. The van der Waals surface area contributed by atoms with Crippen LogP contribution in [0.25, 0.3) is 0 Å². The van der Waals surface area contributed by atoms with E-state index in [1.807, 2.05) is 11.3 Å². The van der Waals surface area contributed by atoms with Crippen molar-refractivity contribution < 1.29 is 0 Å². The van der Waals surface area contributed by atoms with Gasteiger partial charge in [-0.05, 0) is 84.7 Å². The van der Waals surface area contributed by atoms with E-state index < -0.39 is 0 Å². The predicted octanol–water partition coefficient (Wildman–Crippen LogP) is 4.73. The van der Waals surface area contributed by atoms with Gasteiger partial charge < -0.3 is 5.32 Å². The van der Waals surface area contributed by atoms with Crippen molar-refractivity contribution >= 4 is 27.3 Å². The molecule has 4 aliphatic carbocycles. The van der Waals surface area contributed by atoms with E-state index in [0.717, 1.165) is 36.3 Å².